The smallest absolute Gasteiger partial charge is 0.243 e. The van der Waals surface area contributed by atoms with Crippen LogP contribution in [0.3, 0.4) is 0 Å². The molecule has 2 rings (SSSR count). The molecule has 0 amide bonds. The van der Waals surface area contributed by atoms with Gasteiger partial charge in [0.05, 0.1) is 6.61 Å². The molecule has 0 radical (unpaired) electrons. The van der Waals surface area contributed by atoms with Crippen molar-refractivity contribution < 1.29 is 17.9 Å². The molecule has 1 unspecified atom stereocenters. The highest BCUT2D eigenvalue weighted by Gasteiger charge is 2.45. The summed E-state index contributed by atoms with van der Waals surface area (Å²) in [6.07, 6.45) is 0.957. The maximum Gasteiger partial charge on any atom is 0.243 e. The highest BCUT2D eigenvalue weighted by Crippen LogP contribution is 2.51. The first-order chi connectivity index (χ1) is 9.17. The molecule has 112 valence electrons. The van der Waals surface area contributed by atoms with Gasteiger partial charge in [0.15, 0.2) is 0 Å². The minimum Gasteiger partial charge on any atom is -0.392 e. The molecule has 1 aliphatic carbocycles. The second kappa shape index (κ2) is 5.36. The van der Waals surface area contributed by atoms with E-state index in [2.05, 4.69) is 34.5 Å². The number of aliphatic hydroxyl groups excluding tert-OH is 1. The molecule has 1 fully saturated rings. The third kappa shape index (κ3) is 3.21. The van der Waals surface area contributed by atoms with E-state index in [1.54, 1.807) is 0 Å². The van der Waals surface area contributed by atoms with Crippen LogP contribution in [0.2, 0.25) is 0 Å². The number of nitrogens with one attached hydrogen (secondary N) is 1. The summed E-state index contributed by atoms with van der Waals surface area (Å²) in [5, 5.41) is 9.05. The van der Waals surface area contributed by atoms with Crippen LogP contribution in [0.15, 0.2) is 21.5 Å². The number of rotatable bonds is 5. The van der Waals surface area contributed by atoms with E-state index in [0.29, 0.717) is 11.0 Å². The van der Waals surface area contributed by atoms with Gasteiger partial charge in [-0.2, -0.15) is 0 Å². The second-order valence-electron chi connectivity index (χ2n) is 5.78. The number of hydrogen-bond donors (Lipinski definition) is 2. The largest absolute Gasteiger partial charge is 0.392 e. The molecule has 1 aliphatic rings. The summed E-state index contributed by atoms with van der Waals surface area (Å²) in [7, 11) is -3.92. The summed E-state index contributed by atoms with van der Waals surface area (Å²) >= 11 is 3.12. The summed E-state index contributed by atoms with van der Waals surface area (Å²) in [6, 6.07) is 2.56. The Morgan fingerprint density at radius 2 is 2.10 bits per heavy atom. The zero-order chi connectivity index (χ0) is 15.1. The van der Waals surface area contributed by atoms with Gasteiger partial charge in [-0.05, 0) is 29.9 Å². The first kappa shape index (κ1) is 15.9. The van der Waals surface area contributed by atoms with Crippen molar-refractivity contribution in [2.45, 2.75) is 31.8 Å². The lowest BCUT2D eigenvalue weighted by Gasteiger charge is -2.11. The lowest BCUT2D eigenvalue weighted by molar-refractivity contribution is 0.274. The number of halogens is 2. The lowest BCUT2D eigenvalue weighted by Crippen LogP contribution is -2.28. The molecule has 1 aromatic rings. The van der Waals surface area contributed by atoms with Crippen molar-refractivity contribution in [3.8, 4) is 0 Å². The predicted octanol–water partition coefficient (Wildman–Crippen LogP) is 2.40. The average Bonchev–Trinajstić information content (AvgIpc) is 2.97. The van der Waals surface area contributed by atoms with Crippen molar-refractivity contribution in [2.24, 2.45) is 11.3 Å². The molecule has 4 nitrogen and oxygen atoms in total. The monoisotopic (exact) mass is 365 g/mol. The Hall–Kier alpha value is -0.500. The van der Waals surface area contributed by atoms with Gasteiger partial charge in [0.2, 0.25) is 10.0 Å². The third-order valence-electron chi connectivity index (χ3n) is 3.78. The van der Waals surface area contributed by atoms with Crippen molar-refractivity contribution >= 4 is 26.0 Å². The SMILES string of the molecule is CC1(C)CC1CNS(=O)(=O)c1cc(Br)cc(CO)c1F. The zero-order valence-corrected chi connectivity index (χ0v) is 13.7. The van der Waals surface area contributed by atoms with Crippen molar-refractivity contribution in [2.75, 3.05) is 6.54 Å². The van der Waals surface area contributed by atoms with Crippen molar-refractivity contribution in [1.82, 2.24) is 4.72 Å². The van der Waals surface area contributed by atoms with Gasteiger partial charge in [-0.25, -0.2) is 17.5 Å². The van der Waals surface area contributed by atoms with E-state index in [-0.39, 0.29) is 16.9 Å². The minimum atomic E-state index is -3.92. The van der Waals surface area contributed by atoms with E-state index in [9.17, 15) is 12.8 Å². The molecule has 0 saturated heterocycles. The van der Waals surface area contributed by atoms with E-state index >= 15 is 0 Å². The summed E-state index contributed by atoms with van der Waals surface area (Å²) < 4.78 is 41.2. The third-order valence-corrected chi connectivity index (χ3v) is 5.66. The van der Waals surface area contributed by atoms with Crippen molar-refractivity contribution in [1.29, 1.82) is 0 Å². The number of aliphatic hydroxyl groups is 1. The highest BCUT2D eigenvalue weighted by atomic mass is 79.9. The van der Waals surface area contributed by atoms with Crippen LogP contribution in [0, 0.1) is 17.2 Å². The van der Waals surface area contributed by atoms with Gasteiger partial charge < -0.3 is 5.11 Å². The molecule has 0 heterocycles. The predicted molar refractivity (Wildman–Crippen MR) is 77.1 cm³/mol. The van der Waals surface area contributed by atoms with E-state index in [4.69, 9.17) is 5.11 Å². The molecular formula is C13H17BrFNO3S. The Labute approximate surface area is 126 Å². The molecule has 20 heavy (non-hydrogen) atoms. The molecule has 1 aromatic carbocycles. The maximum absolute atomic E-state index is 14.0. The zero-order valence-electron chi connectivity index (χ0n) is 11.3. The lowest BCUT2D eigenvalue weighted by atomic mass is 10.1. The normalized spacial score (nSPS) is 20.9. The Morgan fingerprint density at radius 1 is 1.50 bits per heavy atom. The molecular weight excluding hydrogens is 349 g/mol. The summed E-state index contributed by atoms with van der Waals surface area (Å²) in [5.74, 6) is -0.622. The summed E-state index contributed by atoms with van der Waals surface area (Å²) in [6.45, 7) is 3.88. The van der Waals surface area contributed by atoms with E-state index in [0.717, 1.165) is 6.42 Å². The van der Waals surface area contributed by atoms with Gasteiger partial charge in [0.25, 0.3) is 0 Å². The fraction of sp³-hybridized carbons (Fsp3) is 0.538. The van der Waals surface area contributed by atoms with Gasteiger partial charge >= 0.3 is 0 Å². The van der Waals surface area contributed by atoms with Crippen LogP contribution in [-0.4, -0.2) is 20.1 Å². The minimum absolute atomic E-state index is 0.0495. The number of benzene rings is 1. The van der Waals surface area contributed by atoms with Crippen LogP contribution in [-0.2, 0) is 16.6 Å². The van der Waals surface area contributed by atoms with Crippen molar-refractivity contribution in [3.63, 3.8) is 0 Å². The van der Waals surface area contributed by atoms with E-state index in [1.165, 1.54) is 12.1 Å². The van der Waals surface area contributed by atoms with Gasteiger partial charge in [0, 0.05) is 16.6 Å². The topological polar surface area (TPSA) is 66.4 Å². The molecule has 0 bridgehead atoms. The van der Waals surface area contributed by atoms with Gasteiger partial charge in [0.1, 0.15) is 10.7 Å². The van der Waals surface area contributed by atoms with Gasteiger partial charge in [-0.1, -0.05) is 29.8 Å². The van der Waals surface area contributed by atoms with Gasteiger partial charge in [-0.3, -0.25) is 0 Å². The Bertz CT molecular complexity index is 631. The highest BCUT2D eigenvalue weighted by molar-refractivity contribution is 9.10. The quantitative estimate of drug-likeness (QED) is 0.841. The standard InChI is InChI=1S/C13H17BrFNO3S/c1-13(2)5-9(13)6-16-20(18,19)11-4-10(14)3-8(7-17)12(11)15/h3-4,9,16-17H,5-7H2,1-2H3. The van der Waals surface area contributed by atoms with E-state index < -0.39 is 27.3 Å². The second-order valence-corrected chi connectivity index (χ2v) is 8.43. The average molecular weight is 366 g/mol. The van der Waals surface area contributed by atoms with Crippen LogP contribution >= 0.6 is 15.9 Å². The molecule has 0 aliphatic heterocycles. The first-order valence-electron chi connectivity index (χ1n) is 6.26. The van der Waals surface area contributed by atoms with Crippen LogP contribution in [0.4, 0.5) is 4.39 Å². The number of sulfonamides is 1. The van der Waals surface area contributed by atoms with E-state index in [1.807, 2.05) is 0 Å². The van der Waals surface area contributed by atoms with Crippen molar-refractivity contribution in [3.05, 3.63) is 28.0 Å². The fourth-order valence-corrected chi connectivity index (χ4v) is 4.02. The Morgan fingerprint density at radius 3 is 2.60 bits per heavy atom. The Balaban J connectivity index is 2.23. The first-order valence-corrected chi connectivity index (χ1v) is 8.53. The van der Waals surface area contributed by atoms with Crippen LogP contribution in [0.5, 0.6) is 0 Å². The molecule has 7 heteroatoms. The molecule has 0 spiro atoms. The summed E-state index contributed by atoms with van der Waals surface area (Å²) in [4.78, 5) is -0.436. The maximum atomic E-state index is 14.0. The molecule has 1 atom stereocenters. The van der Waals surface area contributed by atoms with Crippen LogP contribution in [0.1, 0.15) is 25.8 Å². The molecule has 0 aromatic heterocycles. The molecule has 2 N–H and O–H groups in total. The Kier molecular flexibility index (Phi) is 4.26. The van der Waals surface area contributed by atoms with Crippen LogP contribution in [0.25, 0.3) is 0 Å². The number of hydrogen-bond acceptors (Lipinski definition) is 3. The fourth-order valence-electron chi connectivity index (χ4n) is 2.14. The van der Waals surface area contributed by atoms with Gasteiger partial charge in [-0.15, -0.1) is 0 Å². The molecule has 1 saturated carbocycles. The summed E-state index contributed by atoms with van der Waals surface area (Å²) in [5.41, 5.74) is 0.0979. The van der Waals surface area contributed by atoms with Crippen LogP contribution < -0.4 is 4.72 Å².